The summed E-state index contributed by atoms with van der Waals surface area (Å²) in [6, 6.07) is 7.18. The zero-order chi connectivity index (χ0) is 13.1. The molecule has 1 unspecified atom stereocenters. The number of aromatic nitrogens is 1. The van der Waals surface area contributed by atoms with Crippen molar-refractivity contribution in [1.29, 1.82) is 0 Å². The van der Waals surface area contributed by atoms with Gasteiger partial charge in [0.05, 0.1) is 7.11 Å². The number of aliphatic hydroxyl groups is 1. The monoisotopic (exact) mass is 248 g/mol. The number of rotatable bonds is 3. The zero-order valence-electron chi connectivity index (χ0n) is 9.80. The van der Waals surface area contributed by atoms with Gasteiger partial charge in [-0.3, -0.25) is 4.98 Å². The molecule has 5 heteroatoms. The topological polar surface area (TPSA) is 68.4 Å². The number of halogens is 1. The fourth-order valence-electron chi connectivity index (χ4n) is 1.71. The van der Waals surface area contributed by atoms with Crippen molar-refractivity contribution >= 4 is 5.69 Å². The summed E-state index contributed by atoms with van der Waals surface area (Å²) in [7, 11) is 1.47. The van der Waals surface area contributed by atoms with Crippen LogP contribution in [0.3, 0.4) is 0 Å². The normalized spacial score (nSPS) is 12.2. The molecule has 2 aromatic rings. The van der Waals surface area contributed by atoms with E-state index in [1.807, 2.05) is 0 Å². The second-order valence-corrected chi connectivity index (χ2v) is 3.77. The average Bonchev–Trinajstić information content (AvgIpc) is 2.40. The highest BCUT2D eigenvalue weighted by Gasteiger charge is 2.19. The molecular weight excluding hydrogens is 235 g/mol. The molecule has 4 nitrogen and oxygen atoms in total. The molecule has 1 aromatic carbocycles. The lowest BCUT2D eigenvalue weighted by Gasteiger charge is -2.15. The molecule has 0 aliphatic heterocycles. The lowest BCUT2D eigenvalue weighted by molar-refractivity contribution is 0.209. The lowest BCUT2D eigenvalue weighted by Crippen LogP contribution is -2.07. The van der Waals surface area contributed by atoms with Crippen molar-refractivity contribution in [3.63, 3.8) is 0 Å². The van der Waals surface area contributed by atoms with Crippen LogP contribution in [0, 0.1) is 5.82 Å². The molecule has 1 atom stereocenters. The van der Waals surface area contributed by atoms with Gasteiger partial charge in [-0.2, -0.15) is 0 Å². The van der Waals surface area contributed by atoms with Crippen LogP contribution in [-0.4, -0.2) is 17.2 Å². The van der Waals surface area contributed by atoms with Crippen molar-refractivity contribution in [3.8, 4) is 5.75 Å². The van der Waals surface area contributed by atoms with Gasteiger partial charge >= 0.3 is 0 Å². The maximum Gasteiger partial charge on any atom is 0.143 e. The van der Waals surface area contributed by atoms with Gasteiger partial charge in [0, 0.05) is 17.4 Å². The molecule has 3 N–H and O–H groups in total. The number of nitrogens with zero attached hydrogens (tertiary/aromatic N) is 1. The van der Waals surface area contributed by atoms with Crippen LogP contribution in [0.1, 0.15) is 17.4 Å². The number of hydrogen-bond donors (Lipinski definition) is 2. The third-order valence-corrected chi connectivity index (χ3v) is 2.62. The second-order valence-electron chi connectivity index (χ2n) is 3.77. The Hall–Kier alpha value is -2.14. The van der Waals surface area contributed by atoms with E-state index in [9.17, 15) is 9.50 Å². The van der Waals surface area contributed by atoms with E-state index in [1.54, 1.807) is 12.1 Å². The first-order valence-electron chi connectivity index (χ1n) is 5.35. The minimum Gasteiger partial charge on any atom is -0.495 e. The number of benzene rings is 1. The van der Waals surface area contributed by atoms with Gasteiger partial charge in [-0.1, -0.05) is 0 Å². The van der Waals surface area contributed by atoms with Crippen molar-refractivity contribution in [2.45, 2.75) is 6.10 Å². The molecule has 0 amide bonds. The van der Waals surface area contributed by atoms with Gasteiger partial charge in [-0.05, 0) is 30.3 Å². The van der Waals surface area contributed by atoms with Gasteiger partial charge in [-0.25, -0.2) is 4.39 Å². The van der Waals surface area contributed by atoms with Crippen LogP contribution in [0.5, 0.6) is 5.75 Å². The van der Waals surface area contributed by atoms with Crippen molar-refractivity contribution in [1.82, 2.24) is 4.98 Å². The number of ether oxygens (including phenoxy) is 1. The summed E-state index contributed by atoms with van der Waals surface area (Å²) in [6.07, 6.45) is 0.396. The molecular formula is C13H13FN2O2. The Kier molecular flexibility index (Phi) is 3.43. The van der Waals surface area contributed by atoms with Crippen molar-refractivity contribution in [3.05, 3.63) is 53.6 Å². The highest BCUT2D eigenvalue weighted by Crippen LogP contribution is 2.31. The Morgan fingerprint density at radius 3 is 2.89 bits per heavy atom. The Labute approximate surface area is 104 Å². The summed E-state index contributed by atoms with van der Waals surface area (Å²) in [5.41, 5.74) is 6.60. The van der Waals surface area contributed by atoms with E-state index >= 15 is 0 Å². The van der Waals surface area contributed by atoms with Crippen molar-refractivity contribution in [2.24, 2.45) is 0 Å². The van der Waals surface area contributed by atoms with Crippen molar-refractivity contribution < 1.29 is 14.2 Å². The fourth-order valence-corrected chi connectivity index (χ4v) is 1.71. The van der Waals surface area contributed by atoms with Gasteiger partial charge in [0.1, 0.15) is 23.4 Å². The first kappa shape index (κ1) is 12.3. The van der Waals surface area contributed by atoms with Crippen LogP contribution < -0.4 is 10.5 Å². The Bertz CT molecular complexity index is 560. The summed E-state index contributed by atoms with van der Waals surface area (Å²) in [5, 5.41) is 10.2. The summed E-state index contributed by atoms with van der Waals surface area (Å²) in [6.45, 7) is 0. The quantitative estimate of drug-likeness (QED) is 0.814. The fraction of sp³-hybridized carbons (Fsp3) is 0.154. The molecule has 0 saturated heterocycles. The highest BCUT2D eigenvalue weighted by atomic mass is 19.1. The molecule has 94 valence electrons. The van der Waals surface area contributed by atoms with Gasteiger partial charge < -0.3 is 15.6 Å². The number of nitrogens with two attached hydrogens (primary N) is 1. The number of pyridine rings is 1. The molecule has 0 aliphatic rings. The minimum absolute atomic E-state index is 0.270. The van der Waals surface area contributed by atoms with E-state index in [1.165, 1.54) is 31.5 Å². The third-order valence-electron chi connectivity index (χ3n) is 2.62. The third kappa shape index (κ3) is 2.26. The lowest BCUT2D eigenvalue weighted by atomic mass is 10.0. The van der Waals surface area contributed by atoms with Crippen LogP contribution in [0.2, 0.25) is 0 Å². The summed E-state index contributed by atoms with van der Waals surface area (Å²) in [5.74, 6) is -0.0400. The smallest absolute Gasteiger partial charge is 0.143 e. The maximum absolute atomic E-state index is 13.2. The van der Waals surface area contributed by atoms with E-state index in [2.05, 4.69) is 4.98 Å². The average molecular weight is 248 g/mol. The zero-order valence-corrected chi connectivity index (χ0v) is 9.80. The Morgan fingerprint density at radius 2 is 2.17 bits per heavy atom. The maximum atomic E-state index is 13.2. The Morgan fingerprint density at radius 1 is 1.39 bits per heavy atom. The number of nitrogen functional groups attached to an aromatic ring is 1. The predicted molar refractivity (Wildman–Crippen MR) is 65.7 cm³/mol. The van der Waals surface area contributed by atoms with Crippen LogP contribution in [-0.2, 0) is 0 Å². The number of hydrogen-bond acceptors (Lipinski definition) is 4. The predicted octanol–water partition coefficient (Wildman–Crippen LogP) is 1.89. The van der Waals surface area contributed by atoms with Crippen LogP contribution in [0.4, 0.5) is 10.1 Å². The standard InChI is InChI=1S/C13H13FN2O2/c1-18-11-3-2-6-16-12(11)13(17)9-7-8(14)4-5-10(9)15/h2-7,13,17H,15H2,1H3. The SMILES string of the molecule is COc1cccnc1C(O)c1cc(F)ccc1N. The summed E-state index contributed by atoms with van der Waals surface area (Å²) in [4.78, 5) is 4.04. The minimum atomic E-state index is -1.13. The van der Waals surface area contributed by atoms with Gasteiger partial charge in [-0.15, -0.1) is 0 Å². The molecule has 0 radical (unpaired) electrons. The summed E-state index contributed by atoms with van der Waals surface area (Å²) < 4.78 is 18.3. The largest absolute Gasteiger partial charge is 0.495 e. The second kappa shape index (κ2) is 5.01. The molecule has 0 bridgehead atoms. The van der Waals surface area contributed by atoms with Crippen molar-refractivity contribution in [2.75, 3.05) is 12.8 Å². The first-order chi connectivity index (χ1) is 8.63. The molecule has 0 spiro atoms. The van der Waals surface area contributed by atoms with E-state index in [0.717, 1.165) is 0 Å². The molecule has 1 aromatic heterocycles. The molecule has 0 aliphatic carbocycles. The molecule has 18 heavy (non-hydrogen) atoms. The number of anilines is 1. The number of aliphatic hydroxyl groups excluding tert-OH is 1. The number of methoxy groups -OCH3 is 1. The van der Waals surface area contributed by atoms with Gasteiger partial charge in [0.2, 0.25) is 0 Å². The van der Waals surface area contributed by atoms with Gasteiger partial charge in [0.15, 0.2) is 0 Å². The van der Waals surface area contributed by atoms with E-state index in [4.69, 9.17) is 10.5 Å². The van der Waals surface area contributed by atoms with Gasteiger partial charge in [0.25, 0.3) is 0 Å². The van der Waals surface area contributed by atoms with Crippen LogP contribution >= 0.6 is 0 Å². The summed E-state index contributed by atoms with van der Waals surface area (Å²) >= 11 is 0. The van der Waals surface area contributed by atoms with E-state index < -0.39 is 11.9 Å². The first-order valence-corrected chi connectivity index (χ1v) is 5.35. The van der Waals surface area contributed by atoms with E-state index in [0.29, 0.717) is 17.1 Å². The molecule has 0 saturated carbocycles. The molecule has 0 fully saturated rings. The molecule has 2 rings (SSSR count). The highest BCUT2D eigenvalue weighted by molar-refractivity contribution is 5.51. The Balaban J connectivity index is 2.47. The van der Waals surface area contributed by atoms with Crippen LogP contribution in [0.15, 0.2) is 36.5 Å². The molecule has 1 heterocycles. The van der Waals surface area contributed by atoms with Crippen LogP contribution in [0.25, 0.3) is 0 Å². The van der Waals surface area contributed by atoms with E-state index in [-0.39, 0.29) is 5.56 Å².